The van der Waals surface area contributed by atoms with Gasteiger partial charge < -0.3 is 10.5 Å². The Labute approximate surface area is 107 Å². The first kappa shape index (κ1) is 14.9. The molecule has 6 heteroatoms. The van der Waals surface area contributed by atoms with Gasteiger partial charge in [0.2, 0.25) is 0 Å². The minimum absolute atomic E-state index is 0.0158. The van der Waals surface area contributed by atoms with Gasteiger partial charge in [-0.05, 0) is 19.9 Å². The Balaban J connectivity index is 2.57. The minimum Gasteiger partial charge on any atom is -0.492 e. The normalized spacial score (nSPS) is 11.8. The number of hydrogen-bond donors (Lipinski definition) is 1. The second kappa shape index (κ2) is 6.15. The third kappa shape index (κ3) is 3.96. The smallest absolute Gasteiger partial charge is 0.155 e. The van der Waals surface area contributed by atoms with Crippen molar-refractivity contribution in [1.29, 1.82) is 0 Å². The van der Waals surface area contributed by atoms with Gasteiger partial charge in [-0.2, -0.15) is 0 Å². The van der Waals surface area contributed by atoms with Gasteiger partial charge in [0.05, 0.1) is 11.0 Å². The lowest BCUT2D eigenvalue weighted by atomic mass is 10.2. The second-order valence-corrected chi connectivity index (χ2v) is 6.90. The zero-order chi connectivity index (χ0) is 13.8. The third-order valence-electron chi connectivity index (χ3n) is 2.60. The molecule has 1 aromatic carbocycles. The van der Waals surface area contributed by atoms with Crippen LogP contribution in [-0.2, 0) is 16.4 Å². The molecular formula is C12H18FNO3S. The Kier molecular flexibility index (Phi) is 5.10. The molecule has 2 N–H and O–H groups in total. The van der Waals surface area contributed by atoms with Crippen LogP contribution in [0.15, 0.2) is 18.2 Å². The van der Waals surface area contributed by atoms with E-state index in [0.29, 0.717) is 11.3 Å². The highest BCUT2D eigenvalue weighted by molar-refractivity contribution is 7.91. The van der Waals surface area contributed by atoms with Crippen LogP contribution in [-0.4, -0.2) is 26.0 Å². The lowest BCUT2D eigenvalue weighted by Crippen LogP contribution is -2.22. The maximum atomic E-state index is 13.4. The molecule has 0 aliphatic rings. The lowest BCUT2D eigenvalue weighted by Gasteiger charge is -2.10. The Bertz CT molecular complexity index is 500. The number of rotatable bonds is 6. The van der Waals surface area contributed by atoms with Gasteiger partial charge in [0.25, 0.3) is 0 Å². The van der Waals surface area contributed by atoms with Gasteiger partial charge in [-0.3, -0.25) is 0 Å². The SMILES string of the molecule is CC(C)S(=O)(=O)CCOc1ccc(CN)c(F)c1. The summed E-state index contributed by atoms with van der Waals surface area (Å²) in [6, 6.07) is 4.32. The standard InChI is InChI=1S/C12H18FNO3S/c1-9(2)18(15,16)6-5-17-11-4-3-10(8-14)12(13)7-11/h3-4,7,9H,5-6,8,14H2,1-2H3. The predicted molar refractivity (Wildman–Crippen MR) is 68.7 cm³/mol. The summed E-state index contributed by atoms with van der Waals surface area (Å²) in [5, 5.41) is -0.433. The van der Waals surface area contributed by atoms with Gasteiger partial charge in [-0.15, -0.1) is 0 Å². The van der Waals surface area contributed by atoms with E-state index in [1.165, 1.54) is 12.1 Å². The van der Waals surface area contributed by atoms with Crippen molar-refractivity contribution in [3.8, 4) is 5.75 Å². The number of ether oxygens (including phenoxy) is 1. The van der Waals surface area contributed by atoms with Crippen molar-refractivity contribution in [2.24, 2.45) is 5.73 Å². The summed E-state index contributed by atoms with van der Waals surface area (Å²) in [5.41, 5.74) is 5.73. The van der Waals surface area contributed by atoms with E-state index in [1.807, 2.05) is 0 Å². The Morgan fingerprint density at radius 3 is 2.56 bits per heavy atom. The highest BCUT2D eigenvalue weighted by Crippen LogP contribution is 2.16. The molecule has 0 heterocycles. The average Bonchev–Trinajstić information content (AvgIpc) is 2.29. The maximum Gasteiger partial charge on any atom is 0.155 e. The van der Waals surface area contributed by atoms with E-state index in [1.54, 1.807) is 19.9 Å². The Hall–Kier alpha value is -1.14. The molecule has 0 spiro atoms. The summed E-state index contributed by atoms with van der Waals surface area (Å²) >= 11 is 0. The van der Waals surface area contributed by atoms with E-state index in [4.69, 9.17) is 10.5 Å². The summed E-state index contributed by atoms with van der Waals surface area (Å²) in [7, 11) is -3.13. The predicted octanol–water partition coefficient (Wildman–Crippen LogP) is 1.49. The Morgan fingerprint density at radius 2 is 2.06 bits per heavy atom. The van der Waals surface area contributed by atoms with E-state index in [0.717, 1.165) is 0 Å². The second-order valence-electron chi connectivity index (χ2n) is 4.22. The Morgan fingerprint density at radius 1 is 1.39 bits per heavy atom. The molecule has 1 rings (SSSR count). The van der Waals surface area contributed by atoms with Crippen LogP contribution in [0.25, 0.3) is 0 Å². The van der Waals surface area contributed by atoms with Crippen molar-refractivity contribution in [2.75, 3.05) is 12.4 Å². The third-order valence-corrected chi connectivity index (χ3v) is 4.77. The van der Waals surface area contributed by atoms with Gasteiger partial charge in [-0.1, -0.05) is 6.07 Å². The van der Waals surface area contributed by atoms with E-state index < -0.39 is 20.9 Å². The molecule has 0 bridgehead atoms. The summed E-state index contributed by atoms with van der Waals surface area (Å²) in [4.78, 5) is 0. The molecule has 0 radical (unpaired) electrons. The number of benzene rings is 1. The molecular weight excluding hydrogens is 257 g/mol. The van der Waals surface area contributed by atoms with Gasteiger partial charge in [0.15, 0.2) is 9.84 Å². The molecule has 0 fully saturated rings. The van der Waals surface area contributed by atoms with Crippen LogP contribution in [0.2, 0.25) is 0 Å². The van der Waals surface area contributed by atoms with Crippen LogP contribution < -0.4 is 10.5 Å². The molecule has 0 aliphatic heterocycles. The van der Waals surface area contributed by atoms with E-state index in [9.17, 15) is 12.8 Å². The summed E-state index contributed by atoms with van der Waals surface area (Å²) < 4.78 is 41.6. The molecule has 18 heavy (non-hydrogen) atoms. The maximum absolute atomic E-state index is 13.4. The van der Waals surface area contributed by atoms with Crippen molar-refractivity contribution >= 4 is 9.84 Å². The van der Waals surface area contributed by atoms with Crippen LogP contribution >= 0.6 is 0 Å². The van der Waals surface area contributed by atoms with E-state index in [-0.39, 0.29) is 18.9 Å². The van der Waals surface area contributed by atoms with E-state index in [2.05, 4.69) is 0 Å². The van der Waals surface area contributed by atoms with Crippen LogP contribution in [0.1, 0.15) is 19.4 Å². The van der Waals surface area contributed by atoms with Crippen molar-refractivity contribution in [3.63, 3.8) is 0 Å². The molecule has 0 amide bonds. The van der Waals surface area contributed by atoms with Gasteiger partial charge in [0.1, 0.15) is 18.2 Å². The zero-order valence-electron chi connectivity index (χ0n) is 10.5. The molecule has 0 saturated carbocycles. The number of hydrogen-bond acceptors (Lipinski definition) is 4. The van der Waals surface area contributed by atoms with Crippen LogP contribution in [0.5, 0.6) is 5.75 Å². The molecule has 0 aliphatic carbocycles. The minimum atomic E-state index is -3.13. The fourth-order valence-corrected chi connectivity index (χ4v) is 2.08. The van der Waals surface area contributed by atoms with E-state index >= 15 is 0 Å². The average molecular weight is 275 g/mol. The lowest BCUT2D eigenvalue weighted by molar-refractivity contribution is 0.338. The molecule has 0 unspecified atom stereocenters. The molecule has 0 atom stereocenters. The van der Waals surface area contributed by atoms with Gasteiger partial charge in [-0.25, -0.2) is 12.8 Å². The fourth-order valence-electron chi connectivity index (χ4n) is 1.29. The van der Waals surface area contributed by atoms with Crippen molar-refractivity contribution in [1.82, 2.24) is 0 Å². The van der Waals surface area contributed by atoms with Crippen molar-refractivity contribution in [2.45, 2.75) is 25.6 Å². The first-order valence-corrected chi connectivity index (χ1v) is 7.41. The number of sulfone groups is 1. The zero-order valence-corrected chi connectivity index (χ0v) is 11.3. The highest BCUT2D eigenvalue weighted by atomic mass is 32.2. The number of halogens is 1. The largest absolute Gasteiger partial charge is 0.492 e. The molecule has 102 valence electrons. The summed E-state index contributed by atoms with van der Waals surface area (Å²) in [5.74, 6) is -0.212. The molecule has 0 aromatic heterocycles. The first-order chi connectivity index (χ1) is 8.36. The summed E-state index contributed by atoms with van der Waals surface area (Å²) in [6.45, 7) is 3.37. The molecule has 4 nitrogen and oxygen atoms in total. The van der Waals surface area contributed by atoms with Crippen LogP contribution in [0.3, 0.4) is 0 Å². The molecule has 0 saturated heterocycles. The number of nitrogens with two attached hydrogens (primary N) is 1. The monoisotopic (exact) mass is 275 g/mol. The summed E-state index contributed by atoms with van der Waals surface area (Å²) in [6.07, 6.45) is 0. The first-order valence-electron chi connectivity index (χ1n) is 5.69. The quantitative estimate of drug-likeness (QED) is 0.854. The highest BCUT2D eigenvalue weighted by Gasteiger charge is 2.15. The van der Waals surface area contributed by atoms with Gasteiger partial charge in [0, 0.05) is 18.2 Å². The van der Waals surface area contributed by atoms with Crippen molar-refractivity contribution in [3.05, 3.63) is 29.6 Å². The van der Waals surface area contributed by atoms with Crippen molar-refractivity contribution < 1.29 is 17.5 Å². The fraction of sp³-hybridized carbons (Fsp3) is 0.500. The van der Waals surface area contributed by atoms with Gasteiger partial charge >= 0.3 is 0 Å². The molecule has 1 aromatic rings. The van der Waals surface area contributed by atoms with Crippen LogP contribution in [0, 0.1) is 5.82 Å². The topological polar surface area (TPSA) is 69.4 Å². The van der Waals surface area contributed by atoms with Crippen LogP contribution in [0.4, 0.5) is 4.39 Å².